The zero-order valence-electron chi connectivity index (χ0n) is 8.57. The van der Waals surface area contributed by atoms with Gasteiger partial charge in [-0.25, -0.2) is 0 Å². The lowest BCUT2D eigenvalue weighted by atomic mass is 10.2. The highest BCUT2D eigenvalue weighted by Gasteiger charge is 2.03. The predicted octanol–water partition coefficient (Wildman–Crippen LogP) is 0.231. The van der Waals surface area contributed by atoms with E-state index in [0.29, 0.717) is 13.2 Å². The van der Waals surface area contributed by atoms with E-state index in [9.17, 15) is 5.11 Å². The average Bonchev–Trinajstić information content (AvgIpc) is 2.26. The van der Waals surface area contributed by atoms with E-state index in [1.165, 1.54) is 5.56 Å². The van der Waals surface area contributed by atoms with Crippen molar-refractivity contribution < 1.29 is 15.6 Å². The van der Waals surface area contributed by atoms with Crippen LogP contribution in [0, 0.1) is 0 Å². The predicted molar refractivity (Wildman–Crippen MR) is 55.1 cm³/mol. The first-order chi connectivity index (χ1) is 6.76. The minimum absolute atomic E-state index is 0.314. The van der Waals surface area contributed by atoms with Crippen molar-refractivity contribution in [2.45, 2.75) is 19.4 Å². The molecule has 1 rings (SSSR count). The Kier molecular flexibility index (Phi) is 4.43. The average molecular weight is 196 g/mol. The maximum Gasteiger partial charge on any atom is 0.136 e. The largest absolute Gasteiger partial charge is 0.491 e. The van der Waals surface area contributed by atoms with Gasteiger partial charge in [-0.15, -0.1) is 0 Å². The molecule has 4 N–H and O–H groups in total. The molecular formula is C11H18NO2+. The number of hydrogen-bond donors (Lipinski definition) is 2. The van der Waals surface area contributed by atoms with Crippen LogP contribution in [0.3, 0.4) is 0 Å². The number of benzene rings is 1. The molecule has 0 bridgehead atoms. The third-order valence-corrected chi connectivity index (χ3v) is 2.11. The van der Waals surface area contributed by atoms with Gasteiger partial charge in [0.2, 0.25) is 0 Å². The Morgan fingerprint density at radius 1 is 1.36 bits per heavy atom. The van der Waals surface area contributed by atoms with Crippen LogP contribution in [0.25, 0.3) is 0 Å². The summed E-state index contributed by atoms with van der Waals surface area (Å²) in [5.74, 6) is 0.801. The van der Waals surface area contributed by atoms with Gasteiger partial charge in [0.05, 0.1) is 0 Å². The summed E-state index contributed by atoms with van der Waals surface area (Å²) in [6, 6.07) is 7.92. The van der Waals surface area contributed by atoms with Gasteiger partial charge in [-0.2, -0.15) is 0 Å². The summed E-state index contributed by atoms with van der Waals surface area (Å²) in [5.41, 5.74) is 4.88. The summed E-state index contributed by atoms with van der Waals surface area (Å²) in [7, 11) is 0. The van der Waals surface area contributed by atoms with Gasteiger partial charge in [0.25, 0.3) is 0 Å². The highest BCUT2D eigenvalue weighted by atomic mass is 16.5. The molecule has 0 aliphatic heterocycles. The van der Waals surface area contributed by atoms with Crippen LogP contribution < -0.4 is 10.5 Å². The first-order valence-corrected chi connectivity index (χ1v) is 4.95. The van der Waals surface area contributed by atoms with Crippen LogP contribution in [0.15, 0.2) is 24.3 Å². The van der Waals surface area contributed by atoms with Gasteiger partial charge >= 0.3 is 0 Å². The molecule has 78 valence electrons. The summed E-state index contributed by atoms with van der Waals surface area (Å²) < 4.78 is 5.37. The Morgan fingerprint density at radius 3 is 2.50 bits per heavy atom. The van der Waals surface area contributed by atoms with Gasteiger partial charge < -0.3 is 15.6 Å². The first kappa shape index (κ1) is 11.0. The molecule has 0 aromatic heterocycles. The molecule has 0 fully saturated rings. The lowest BCUT2D eigenvalue weighted by molar-refractivity contribution is -0.384. The number of aliphatic hydroxyl groups is 1. The smallest absolute Gasteiger partial charge is 0.136 e. The second-order valence-electron chi connectivity index (χ2n) is 3.25. The van der Waals surface area contributed by atoms with Gasteiger partial charge in [0.15, 0.2) is 0 Å². The highest BCUT2D eigenvalue weighted by molar-refractivity contribution is 5.27. The molecule has 14 heavy (non-hydrogen) atoms. The third kappa shape index (κ3) is 3.36. The number of rotatable bonds is 5. The molecule has 0 aliphatic rings. The molecule has 0 unspecified atom stereocenters. The Hall–Kier alpha value is -1.06. The van der Waals surface area contributed by atoms with E-state index < -0.39 is 6.10 Å². The van der Waals surface area contributed by atoms with Gasteiger partial charge in [-0.05, 0) is 24.1 Å². The molecule has 3 nitrogen and oxygen atoms in total. The zero-order valence-corrected chi connectivity index (χ0v) is 8.57. The second kappa shape index (κ2) is 5.62. The number of aliphatic hydroxyl groups excluding tert-OH is 1. The Balaban J connectivity index is 2.43. The van der Waals surface area contributed by atoms with Crippen LogP contribution in [0.5, 0.6) is 5.75 Å². The molecule has 0 radical (unpaired) electrons. The SMILES string of the molecule is CCc1ccc(OC[C@H](O)C[NH3+])cc1. The van der Waals surface area contributed by atoms with Crippen molar-refractivity contribution in [3.05, 3.63) is 29.8 Å². The standard InChI is InChI=1S/C11H17NO2/c1-2-9-3-5-11(6-4-9)14-8-10(13)7-12/h3-6,10,13H,2,7-8,12H2,1H3/p+1/t10-/m1/s1. The van der Waals surface area contributed by atoms with Crippen molar-refractivity contribution in [1.29, 1.82) is 0 Å². The third-order valence-electron chi connectivity index (χ3n) is 2.11. The Bertz CT molecular complexity index is 258. The second-order valence-corrected chi connectivity index (χ2v) is 3.25. The Labute approximate surface area is 84.5 Å². The first-order valence-electron chi connectivity index (χ1n) is 4.95. The Morgan fingerprint density at radius 2 is 2.00 bits per heavy atom. The van der Waals surface area contributed by atoms with E-state index in [-0.39, 0.29) is 0 Å². The van der Waals surface area contributed by atoms with Crippen molar-refractivity contribution in [3.8, 4) is 5.75 Å². The normalized spacial score (nSPS) is 12.5. The zero-order chi connectivity index (χ0) is 10.4. The number of hydrogen-bond acceptors (Lipinski definition) is 2. The molecule has 0 saturated heterocycles. The van der Waals surface area contributed by atoms with E-state index >= 15 is 0 Å². The molecule has 0 spiro atoms. The molecule has 0 heterocycles. The van der Waals surface area contributed by atoms with E-state index in [1.54, 1.807) is 0 Å². The lowest BCUT2D eigenvalue weighted by Gasteiger charge is -2.09. The molecular weight excluding hydrogens is 178 g/mol. The number of aryl methyl sites for hydroxylation is 1. The molecule has 0 amide bonds. The van der Waals surface area contributed by atoms with Crippen molar-refractivity contribution in [1.82, 2.24) is 0 Å². The van der Waals surface area contributed by atoms with Gasteiger partial charge in [-0.3, -0.25) is 0 Å². The number of ether oxygens (including phenoxy) is 1. The van der Waals surface area contributed by atoms with E-state index in [2.05, 4.69) is 12.7 Å². The van der Waals surface area contributed by atoms with Crippen LogP contribution in [0.2, 0.25) is 0 Å². The molecule has 1 atom stereocenters. The summed E-state index contributed by atoms with van der Waals surface area (Å²) in [6.07, 6.45) is 0.558. The summed E-state index contributed by atoms with van der Waals surface area (Å²) in [5, 5.41) is 9.23. The van der Waals surface area contributed by atoms with Crippen LogP contribution >= 0.6 is 0 Å². The van der Waals surface area contributed by atoms with Crippen molar-refractivity contribution in [2.75, 3.05) is 13.2 Å². The van der Waals surface area contributed by atoms with E-state index in [0.717, 1.165) is 12.2 Å². The van der Waals surface area contributed by atoms with Gasteiger partial charge in [-0.1, -0.05) is 19.1 Å². The maximum atomic E-state index is 9.23. The minimum atomic E-state index is -0.471. The summed E-state index contributed by atoms with van der Waals surface area (Å²) in [4.78, 5) is 0. The van der Waals surface area contributed by atoms with Crippen molar-refractivity contribution >= 4 is 0 Å². The van der Waals surface area contributed by atoms with Crippen molar-refractivity contribution in [3.63, 3.8) is 0 Å². The minimum Gasteiger partial charge on any atom is -0.491 e. The fourth-order valence-corrected chi connectivity index (χ4v) is 1.10. The summed E-state index contributed by atoms with van der Waals surface area (Å²) >= 11 is 0. The maximum absolute atomic E-state index is 9.23. The van der Waals surface area contributed by atoms with Crippen molar-refractivity contribution in [2.24, 2.45) is 0 Å². The molecule has 0 aliphatic carbocycles. The van der Waals surface area contributed by atoms with Crippen LogP contribution in [0.4, 0.5) is 0 Å². The number of quaternary nitrogens is 1. The van der Waals surface area contributed by atoms with E-state index in [1.807, 2.05) is 24.3 Å². The molecule has 0 saturated carbocycles. The molecule has 3 heteroatoms. The topological polar surface area (TPSA) is 57.1 Å². The lowest BCUT2D eigenvalue weighted by Crippen LogP contribution is -2.56. The molecule has 1 aromatic rings. The fourth-order valence-electron chi connectivity index (χ4n) is 1.10. The quantitative estimate of drug-likeness (QED) is 0.708. The monoisotopic (exact) mass is 196 g/mol. The van der Waals surface area contributed by atoms with E-state index in [4.69, 9.17) is 4.74 Å². The van der Waals surface area contributed by atoms with Gasteiger partial charge in [0.1, 0.15) is 25.0 Å². The molecule has 1 aromatic carbocycles. The van der Waals surface area contributed by atoms with Gasteiger partial charge in [0, 0.05) is 0 Å². The van der Waals surface area contributed by atoms with Crippen LogP contribution in [-0.2, 0) is 6.42 Å². The van der Waals surface area contributed by atoms with Crippen LogP contribution in [-0.4, -0.2) is 24.4 Å². The summed E-state index contributed by atoms with van der Waals surface area (Å²) in [6.45, 7) is 2.91. The fraction of sp³-hybridized carbons (Fsp3) is 0.455. The highest BCUT2D eigenvalue weighted by Crippen LogP contribution is 2.12. The van der Waals surface area contributed by atoms with Crippen LogP contribution in [0.1, 0.15) is 12.5 Å².